The molecule has 1 saturated heterocycles. The summed E-state index contributed by atoms with van der Waals surface area (Å²) < 4.78 is 30.2. The van der Waals surface area contributed by atoms with Crippen LogP contribution in [0.2, 0.25) is 0 Å². The van der Waals surface area contributed by atoms with Gasteiger partial charge in [-0.2, -0.15) is 0 Å². The quantitative estimate of drug-likeness (QED) is 0.158. The third-order valence-electron chi connectivity index (χ3n) is 6.57. The second-order valence-electron chi connectivity index (χ2n) is 9.69. The minimum Gasteiger partial charge on any atom is -0.494 e. The van der Waals surface area contributed by atoms with Gasteiger partial charge in [0.15, 0.2) is 0 Å². The average Bonchev–Trinajstić information content (AvgIpc) is 3.27. The standard InChI is InChI=1S/C29H35Br2N3O5S/c1-2-39-26-15-22(14-25(17-26)34-9-6-10-40(34,37)38)29(36)33-27(13-20-7-4-3-5-8-20)28(35)19-32-18-21-11-23(30)16-24(31)12-21/h3-5,7-8,11-12,14-17,27-28,32,35,37-38H,2,6,9-10,13,18-19H2,1H3,(H,33,36)/t27-,28+/m0/s1. The SMILES string of the molecule is CCOc1cc(C(=O)N[C@@H](Cc2ccccc2)[C@H](O)CNCc2cc(Br)cc(Br)c2)cc(N2CCCS2(O)O)c1. The zero-order valence-corrected chi connectivity index (χ0v) is 26.2. The number of hydrogen-bond donors (Lipinski definition) is 5. The maximum absolute atomic E-state index is 13.6. The Hall–Kier alpha value is -2.12. The number of carbonyl (C=O) groups excluding carboxylic acids is 1. The molecular weight excluding hydrogens is 662 g/mol. The Labute approximate surface area is 253 Å². The topological polar surface area (TPSA) is 114 Å². The van der Waals surface area contributed by atoms with E-state index in [0.29, 0.717) is 55.3 Å². The molecule has 1 aliphatic heterocycles. The Balaban J connectivity index is 1.52. The van der Waals surface area contributed by atoms with E-state index in [-0.39, 0.29) is 12.5 Å². The molecule has 3 aromatic carbocycles. The van der Waals surface area contributed by atoms with Gasteiger partial charge in [0, 0.05) is 40.2 Å². The minimum atomic E-state index is -2.94. The molecule has 0 aromatic heterocycles. The van der Waals surface area contributed by atoms with Crippen LogP contribution in [0.3, 0.4) is 0 Å². The van der Waals surface area contributed by atoms with Gasteiger partial charge in [-0.1, -0.05) is 62.2 Å². The predicted octanol–water partition coefficient (Wildman–Crippen LogP) is 5.98. The number of nitrogens with zero attached hydrogens (tertiary/aromatic N) is 1. The summed E-state index contributed by atoms with van der Waals surface area (Å²) in [6.07, 6.45) is 0.209. The highest BCUT2D eigenvalue weighted by atomic mass is 79.9. The Bertz CT molecular complexity index is 1280. The number of aliphatic hydroxyl groups is 1. The lowest BCUT2D eigenvalue weighted by Crippen LogP contribution is -2.48. The van der Waals surface area contributed by atoms with Gasteiger partial charge in [-0.15, -0.1) is 10.8 Å². The summed E-state index contributed by atoms with van der Waals surface area (Å²) in [6, 6.07) is 20.1. The highest BCUT2D eigenvalue weighted by Crippen LogP contribution is 2.51. The highest BCUT2D eigenvalue weighted by Gasteiger charge is 2.30. The van der Waals surface area contributed by atoms with Crippen LogP contribution in [0.1, 0.15) is 34.8 Å². The maximum atomic E-state index is 13.6. The van der Waals surface area contributed by atoms with Crippen molar-refractivity contribution in [3.63, 3.8) is 0 Å². The van der Waals surface area contributed by atoms with Crippen LogP contribution in [0.15, 0.2) is 75.7 Å². The molecule has 8 nitrogen and oxygen atoms in total. The Morgan fingerprint density at radius 3 is 2.42 bits per heavy atom. The van der Waals surface area contributed by atoms with Crippen molar-refractivity contribution in [1.29, 1.82) is 0 Å². The highest BCUT2D eigenvalue weighted by molar-refractivity contribution is 9.11. The number of hydrogen-bond acceptors (Lipinski definition) is 7. The van der Waals surface area contributed by atoms with E-state index in [1.165, 1.54) is 0 Å². The maximum Gasteiger partial charge on any atom is 0.251 e. The van der Waals surface area contributed by atoms with Crippen LogP contribution in [0.4, 0.5) is 5.69 Å². The zero-order chi connectivity index (χ0) is 28.7. The molecule has 0 saturated carbocycles. The monoisotopic (exact) mass is 695 g/mol. The molecule has 1 heterocycles. The normalized spacial score (nSPS) is 16.8. The lowest BCUT2D eigenvalue weighted by Gasteiger charge is -2.38. The first kappa shape index (κ1) is 30.8. The number of nitrogens with one attached hydrogen (secondary N) is 2. The smallest absolute Gasteiger partial charge is 0.251 e. The molecule has 0 aliphatic carbocycles. The lowest BCUT2D eigenvalue weighted by atomic mass is 10.00. The van der Waals surface area contributed by atoms with Crippen molar-refractivity contribution in [3.05, 3.63) is 92.4 Å². The van der Waals surface area contributed by atoms with E-state index in [1.54, 1.807) is 22.5 Å². The van der Waals surface area contributed by atoms with Gasteiger partial charge in [0.25, 0.3) is 5.91 Å². The molecule has 1 amide bonds. The van der Waals surface area contributed by atoms with E-state index < -0.39 is 22.9 Å². The Morgan fingerprint density at radius 1 is 1.05 bits per heavy atom. The van der Waals surface area contributed by atoms with Gasteiger partial charge in [0.05, 0.1) is 30.2 Å². The second-order valence-corrected chi connectivity index (χ2v) is 13.6. The molecule has 1 aliphatic rings. The van der Waals surface area contributed by atoms with Crippen LogP contribution in [-0.2, 0) is 13.0 Å². The van der Waals surface area contributed by atoms with Crippen molar-refractivity contribution in [2.24, 2.45) is 0 Å². The Kier molecular flexibility index (Phi) is 10.9. The lowest BCUT2D eigenvalue weighted by molar-refractivity contribution is 0.0829. The molecule has 40 heavy (non-hydrogen) atoms. The van der Waals surface area contributed by atoms with E-state index in [0.717, 1.165) is 20.1 Å². The number of anilines is 1. The number of benzene rings is 3. The zero-order valence-electron chi connectivity index (χ0n) is 22.2. The summed E-state index contributed by atoms with van der Waals surface area (Å²) in [7, 11) is -2.94. The van der Waals surface area contributed by atoms with E-state index in [2.05, 4.69) is 42.5 Å². The van der Waals surface area contributed by atoms with Crippen molar-refractivity contribution in [2.45, 2.75) is 38.5 Å². The van der Waals surface area contributed by atoms with Crippen molar-refractivity contribution < 1.29 is 23.7 Å². The van der Waals surface area contributed by atoms with Gasteiger partial charge in [-0.25, -0.2) is 0 Å². The third-order valence-corrected chi connectivity index (χ3v) is 9.42. The largest absolute Gasteiger partial charge is 0.494 e. The summed E-state index contributed by atoms with van der Waals surface area (Å²) in [5.41, 5.74) is 2.87. The van der Waals surface area contributed by atoms with Crippen LogP contribution < -0.4 is 19.7 Å². The van der Waals surface area contributed by atoms with Crippen molar-refractivity contribution >= 4 is 54.2 Å². The first-order valence-electron chi connectivity index (χ1n) is 13.1. The number of rotatable bonds is 12. The van der Waals surface area contributed by atoms with Gasteiger partial charge in [0.1, 0.15) is 5.75 Å². The van der Waals surface area contributed by atoms with E-state index in [4.69, 9.17) is 4.74 Å². The third kappa shape index (κ3) is 8.45. The number of ether oxygens (including phenoxy) is 1. The van der Waals surface area contributed by atoms with Gasteiger partial charge >= 0.3 is 0 Å². The van der Waals surface area contributed by atoms with Crippen molar-refractivity contribution in [1.82, 2.24) is 10.6 Å². The van der Waals surface area contributed by atoms with Crippen LogP contribution >= 0.6 is 42.6 Å². The molecule has 1 fully saturated rings. The number of carbonyl (C=O) groups is 1. The number of halogens is 2. The first-order chi connectivity index (χ1) is 19.1. The number of amides is 1. The molecule has 3 aromatic rings. The molecule has 216 valence electrons. The summed E-state index contributed by atoms with van der Waals surface area (Å²) >= 11 is 7.00. The minimum absolute atomic E-state index is 0.265. The molecule has 2 atom stereocenters. The molecular formula is C29H35Br2N3O5S. The summed E-state index contributed by atoms with van der Waals surface area (Å²) in [4.78, 5) is 13.6. The Morgan fingerprint density at radius 2 is 1.77 bits per heavy atom. The fourth-order valence-corrected chi connectivity index (χ4v) is 7.68. The molecule has 4 rings (SSSR count). The van der Waals surface area contributed by atoms with Crippen molar-refractivity contribution in [3.8, 4) is 5.75 Å². The van der Waals surface area contributed by atoms with Crippen LogP contribution in [0.25, 0.3) is 0 Å². The van der Waals surface area contributed by atoms with Gasteiger partial charge < -0.3 is 20.5 Å². The van der Waals surface area contributed by atoms with E-state index >= 15 is 0 Å². The fraction of sp³-hybridized carbons (Fsp3) is 0.345. The van der Waals surface area contributed by atoms with Gasteiger partial charge in [0.2, 0.25) is 0 Å². The average molecular weight is 697 g/mol. The summed E-state index contributed by atoms with van der Waals surface area (Å²) in [5, 5.41) is 17.5. The van der Waals surface area contributed by atoms with E-state index in [1.807, 2.05) is 55.5 Å². The molecule has 0 radical (unpaired) electrons. The number of aliphatic hydroxyl groups excluding tert-OH is 1. The molecule has 0 spiro atoms. The molecule has 0 unspecified atom stereocenters. The van der Waals surface area contributed by atoms with Gasteiger partial charge in [-0.05, 0) is 61.2 Å². The summed E-state index contributed by atoms with van der Waals surface area (Å²) in [6.45, 7) is 3.54. The van der Waals surface area contributed by atoms with Gasteiger partial charge in [-0.3, -0.25) is 18.2 Å². The fourth-order valence-electron chi connectivity index (χ4n) is 4.69. The van der Waals surface area contributed by atoms with Crippen LogP contribution in [0, 0.1) is 0 Å². The van der Waals surface area contributed by atoms with Crippen molar-refractivity contribution in [2.75, 3.05) is 29.8 Å². The molecule has 5 N–H and O–H groups in total. The van der Waals surface area contributed by atoms with Crippen LogP contribution in [-0.4, -0.2) is 57.7 Å². The first-order valence-corrected chi connectivity index (χ1v) is 16.4. The van der Waals surface area contributed by atoms with Crippen LogP contribution in [0.5, 0.6) is 5.75 Å². The molecule has 0 bridgehead atoms. The predicted molar refractivity (Wildman–Crippen MR) is 168 cm³/mol. The summed E-state index contributed by atoms with van der Waals surface area (Å²) in [5.74, 6) is 0.381. The molecule has 11 heteroatoms. The second kappa shape index (κ2) is 14.2. The van der Waals surface area contributed by atoms with E-state index in [9.17, 15) is 19.0 Å².